The van der Waals surface area contributed by atoms with Crippen molar-refractivity contribution in [1.29, 1.82) is 0 Å². The Hall–Kier alpha value is 0.0700. The summed E-state index contributed by atoms with van der Waals surface area (Å²) in [5, 5.41) is 0. The zero-order valence-electron chi connectivity index (χ0n) is 13.0. The van der Waals surface area contributed by atoms with Crippen LogP contribution in [0.25, 0.3) is 0 Å². The first-order valence-corrected chi connectivity index (χ1v) is 8.89. The predicted molar refractivity (Wildman–Crippen MR) is 82.2 cm³/mol. The molecule has 3 nitrogen and oxygen atoms in total. The van der Waals surface area contributed by atoms with E-state index >= 15 is 0 Å². The molecule has 0 spiro atoms. The molecule has 0 N–H and O–H groups in total. The highest BCUT2D eigenvalue weighted by Gasteiger charge is 2.03. The fourth-order valence-corrected chi connectivity index (χ4v) is 2.53. The lowest BCUT2D eigenvalue weighted by Crippen LogP contribution is -2.09. The molecular weight excluding hydrogens is 260 g/mol. The van der Waals surface area contributed by atoms with E-state index in [2.05, 4.69) is 6.92 Å². The molecular formula is C15H32O3S. The summed E-state index contributed by atoms with van der Waals surface area (Å²) in [5.41, 5.74) is 0. The first-order chi connectivity index (χ1) is 9.16. The summed E-state index contributed by atoms with van der Waals surface area (Å²) in [5.74, 6) is 0. The largest absolute Gasteiger partial charge is 0.304 e. The van der Waals surface area contributed by atoms with Gasteiger partial charge in [-0.05, 0) is 20.3 Å². The summed E-state index contributed by atoms with van der Waals surface area (Å²) in [7, 11) is 0. The Labute approximate surface area is 122 Å². The van der Waals surface area contributed by atoms with E-state index < -0.39 is 11.4 Å². The predicted octanol–water partition coefficient (Wildman–Crippen LogP) is 4.93. The van der Waals surface area contributed by atoms with Gasteiger partial charge in [-0.3, -0.25) is 8.37 Å². The quantitative estimate of drug-likeness (QED) is 0.426. The fraction of sp³-hybridized carbons (Fsp3) is 1.00. The third-order valence-electron chi connectivity index (χ3n) is 2.95. The molecule has 0 amide bonds. The van der Waals surface area contributed by atoms with Crippen LogP contribution in [0.15, 0.2) is 0 Å². The third kappa shape index (κ3) is 16.0. The van der Waals surface area contributed by atoms with Gasteiger partial charge in [0.25, 0.3) is 0 Å². The Kier molecular flexibility index (Phi) is 14.5. The minimum atomic E-state index is -1.56. The minimum absolute atomic E-state index is 0.0476. The van der Waals surface area contributed by atoms with Crippen LogP contribution >= 0.6 is 0 Å². The summed E-state index contributed by atoms with van der Waals surface area (Å²) < 4.78 is 21.2. The Bertz CT molecular complexity index is 208. The summed E-state index contributed by atoms with van der Waals surface area (Å²) in [6.07, 6.45) is 12.9. The molecule has 0 bridgehead atoms. The van der Waals surface area contributed by atoms with Gasteiger partial charge < -0.3 is 0 Å². The van der Waals surface area contributed by atoms with Gasteiger partial charge in [-0.2, -0.15) is 4.21 Å². The number of unbranched alkanes of at least 4 members (excludes halogenated alkanes) is 9. The van der Waals surface area contributed by atoms with Crippen molar-refractivity contribution in [1.82, 2.24) is 0 Å². The van der Waals surface area contributed by atoms with Crippen LogP contribution in [-0.4, -0.2) is 16.9 Å². The highest BCUT2D eigenvalue weighted by Crippen LogP contribution is 2.10. The van der Waals surface area contributed by atoms with Crippen molar-refractivity contribution in [3.05, 3.63) is 0 Å². The molecule has 1 unspecified atom stereocenters. The van der Waals surface area contributed by atoms with Gasteiger partial charge in [-0.1, -0.05) is 64.7 Å². The van der Waals surface area contributed by atoms with E-state index in [0.717, 1.165) is 12.8 Å². The molecule has 0 aliphatic rings. The fourth-order valence-electron chi connectivity index (χ4n) is 1.90. The Morgan fingerprint density at radius 2 is 1.32 bits per heavy atom. The van der Waals surface area contributed by atoms with E-state index in [-0.39, 0.29) is 6.10 Å². The molecule has 0 aliphatic heterocycles. The molecule has 19 heavy (non-hydrogen) atoms. The highest BCUT2D eigenvalue weighted by atomic mass is 32.2. The summed E-state index contributed by atoms with van der Waals surface area (Å²) >= 11 is -1.56. The molecule has 0 saturated heterocycles. The van der Waals surface area contributed by atoms with Crippen LogP contribution in [0.3, 0.4) is 0 Å². The maximum atomic E-state index is 11.2. The SMILES string of the molecule is CCCCCCCCCCCCOS(=O)OC(C)C. The van der Waals surface area contributed by atoms with Crippen LogP contribution < -0.4 is 0 Å². The van der Waals surface area contributed by atoms with Crippen molar-refractivity contribution in [2.75, 3.05) is 6.61 Å². The number of hydrogen-bond acceptors (Lipinski definition) is 3. The molecule has 0 heterocycles. The number of rotatable bonds is 14. The lowest BCUT2D eigenvalue weighted by atomic mass is 10.1. The molecule has 116 valence electrons. The van der Waals surface area contributed by atoms with Crippen molar-refractivity contribution in [2.45, 2.75) is 91.1 Å². The summed E-state index contributed by atoms with van der Waals surface area (Å²) in [6, 6.07) is 0. The smallest absolute Gasteiger partial charge is 0.268 e. The van der Waals surface area contributed by atoms with E-state index in [1.807, 2.05) is 13.8 Å². The summed E-state index contributed by atoms with van der Waals surface area (Å²) in [4.78, 5) is 0. The van der Waals surface area contributed by atoms with E-state index in [0.29, 0.717) is 6.61 Å². The molecule has 4 heteroatoms. The van der Waals surface area contributed by atoms with E-state index in [1.165, 1.54) is 51.4 Å². The average molecular weight is 292 g/mol. The van der Waals surface area contributed by atoms with E-state index in [1.54, 1.807) is 0 Å². The first-order valence-electron chi connectivity index (χ1n) is 7.89. The van der Waals surface area contributed by atoms with Crippen LogP contribution in [0, 0.1) is 0 Å². The number of hydrogen-bond donors (Lipinski definition) is 0. The van der Waals surface area contributed by atoms with Crippen molar-refractivity contribution >= 4 is 11.4 Å². The highest BCUT2D eigenvalue weighted by molar-refractivity contribution is 7.75. The topological polar surface area (TPSA) is 35.5 Å². The first kappa shape index (κ1) is 19.1. The zero-order chi connectivity index (χ0) is 14.3. The maximum Gasteiger partial charge on any atom is 0.304 e. The van der Waals surface area contributed by atoms with Crippen LogP contribution in [0.2, 0.25) is 0 Å². The van der Waals surface area contributed by atoms with Gasteiger partial charge in [-0.25, -0.2) is 0 Å². The summed E-state index contributed by atoms with van der Waals surface area (Å²) in [6.45, 7) is 6.49. The molecule has 0 rings (SSSR count). The Morgan fingerprint density at radius 1 is 0.842 bits per heavy atom. The second kappa shape index (κ2) is 14.5. The van der Waals surface area contributed by atoms with Crippen LogP contribution in [0.5, 0.6) is 0 Å². The molecule has 0 aromatic rings. The molecule has 0 radical (unpaired) electrons. The zero-order valence-corrected chi connectivity index (χ0v) is 13.8. The molecule has 0 aromatic carbocycles. The van der Waals surface area contributed by atoms with Gasteiger partial charge >= 0.3 is 11.4 Å². The lowest BCUT2D eigenvalue weighted by Gasteiger charge is -2.06. The molecule has 0 aromatic heterocycles. The molecule has 0 fully saturated rings. The Balaban J connectivity index is 3.08. The molecule has 0 aliphatic carbocycles. The second-order valence-electron chi connectivity index (χ2n) is 5.35. The lowest BCUT2D eigenvalue weighted by molar-refractivity contribution is 0.205. The third-order valence-corrected chi connectivity index (χ3v) is 3.85. The van der Waals surface area contributed by atoms with Crippen molar-refractivity contribution in [3.8, 4) is 0 Å². The van der Waals surface area contributed by atoms with Gasteiger partial charge in [-0.15, -0.1) is 0 Å². The Morgan fingerprint density at radius 3 is 1.79 bits per heavy atom. The standard InChI is InChI=1S/C15H32O3S/c1-4-5-6-7-8-9-10-11-12-13-14-17-19(16)18-15(2)3/h15H,4-14H2,1-3H3. The van der Waals surface area contributed by atoms with E-state index in [9.17, 15) is 4.21 Å². The molecule has 0 saturated carbocycles. The van der Waals surface area contributed by atoms with Gasteiger partial charge in [0.1, 0.15) is 0 Å². The van der Waals surface area contributed by atoms with E-state index in [4.69, 9.17) is 8.37 Å². The monoisotopic (exact) mass is 292 g/mol. The van der Waals surface area contributed by atoms with Gasteiger partial charge in [0.05, 0.1) is 12.7 Å². The van der Waals surface area contributed by atoms with Crippen molar-refractivity contribution < 1.29 is 12.6 Å². The maximum absolute atomic E-state index is 11.2. The minimum Gasteiger partial charge on any atom is -0.268 e. The second-order valence-corrected chi connectivity index (χ2v) is 6.19. The van der Waals surface area contributed by atoms with Crippen LogP contribution in [-0.2, 0) is 19.7 Å². The van der Waals surface area contributed by atoms with Crippen molar-refractivity contribution in [3.63, 3.8) is 0 Å². The van der Waals surface area contributed by atoms with Gasteiger partial charge in [0.15, 0.2) is 0 Å². The normalized spacial score (nSPS) is 13.1. The van der Waals surface area contributed by atoms with Gasteiger partial charge in [0.2, 0.25) is 0 Å². The van der Waals surface area contributed by atoms with Crippen molar-refractivity contribution in [2.24, 2.45) is 0 Å². The molecule has 1 atom stereocenters. The van der Waals surface area contributed by atoms with Crippen LogP contribution in [0.1, 0.15) is 85.0 Å². The van der Waals surface area contributed by atoms with Gasteiger partial charge in [0, 0.05) is 0 Å². The average Bonchev–Trinajstić information content (AvgIpc) is 2.35. The van der Waals surface area contributed by atoms with Crippen LogP contribution in [0.4, 0.5) is 0 Å².